The fraction of sp³-hybridized carbons (Fsp3) is 0.222. The van der Waals surface area contributed by atoms with Gasteiger partial charge in [-0.2, -0.15) is 11.3 Å². The lowest BCUT2D eigenvalue weighted by atomic mass is 10.3. The van der Waals surface area contributed by atoms with Gasteiger partial charge in [-0.15, -0.1) is 5.10 Å². The van der Waals surface area contributed by atoms with Gasteiger partial charge in [-0.3, -0.25) is 9.48 Å². The number of nitrogens with zero attached hydrogens (tertiary/aromatic N) is 3. The van der Waals surface area contributed by atoms with Crippen LogP contribution >= 0.6 is 11.3 Å². The van der Waals surface area contributed by atoms with E-state index >= 15 is 0 Å². The van der Waals surface area contributed by atoms with Crippen LogP contribution in [0.2, 0.25) is 0 Å². The summed E-state index contributed by atoms with van der Waals surface area (Å²) in [5.74, 6) is -0.200. The number of aromatic nitrogens is 3. The van der Waals surface area contributed by atoms with Crippen LogP contribution in [0.5, 0.6) is 0 Å². The van der Waals surface area contributed by atoms with E-state index in [0.717, 1.165) is 5.56 Å². The number of hydrogen-bond acceptors (Lipinski definition) is 4. The summed E-state index contributed by atoms with van der Waals surface area (Å²) in [6, 6.07) is 1.97. The molecule has 0 bridgehead atoms. The Hall–Kier alpha value is -1.69. The van der Waals surface area contributed by atoms with Gasteiger partial charge in [0, 0.05) is 13.6 Å². The Labute approximate surface area is 90.7 Å². The van der Waals surface area contributed by atoms with Gasteiger partial charge >= 0.3 is 0 Å². The summed E-state index contributed by atoms with van der Waals surface area (Å²) < 4.78 is 1.50. The molecule has 2 rings (SSSR count). The van der Waals surface area contributed by atoms with Crippen LogP contribution in [0.4, 0.5) is 0 Å². The Morgan fingerprint density at radius 1 is 1.67 bits per heavy atom. The monoisotopic (exact) mass is 222 g/mol. The molecular weight excluding hydrogens is 212 g/mol. The van der Waals surface area contributed by atoms with Crippen molar-refractivity contribution in [2.24, 2.45) is 7.05 Å². The third-order valence-corrected chi connectivity index (χ3v) is 2.60. The van der Waals surface area contributed by atoms with Gasteiger partial charge in [-0.25, -0.2) is 0 Å². The van der Waals surface area contributed by atoms with E-state index in [2.05, 4.69) is 15.6 Å². The molecule has 0 radical (unpaired) electrons. The smallest absolute Gasteiger partial charge is 0.273 e. The van der Waals surface area contributed by atoms with E-state index in [1.54, 1.807) is 24.6 Å². The molecule has 2 aromatic rings. The number of carbonyl (C=O) groups excluding carboxylic acids is 1. The van der Waals surface area contributed by atoms with E-state index in [0.29, 0.717) is 12.2 Å². The quantitative estimate of drug-likeness (QED) is 0.836. The highest BCUT2D eigenvalue weighted by molar-refractivity contribution is 7.07. The van der Waals surface area contributed by atoms with Gasteiger partial charge in [0.15, 0.2) is 5.69 Å². The first kappa shape index (κ1) is 9.85. The summed E-state index contributed by atoms with van der Waals surface area (Å²) in [5, 5.41) is 14.1. The fourth-order valence-electron chi connectivity index (χ4n) is 1.12. The van der Waals surface area contributed by atoms with E-state index in [4.69, 9.17) is 0 Å². The zero-order valence-electron chi connectivity index (χ0n) is 8.17. The van der Waals surface area contributed by atoms with Crippen LogP contribution in [0.3, 0.4) is 0 Å². The molecule has 78 valence electrons. The lowest BCUT2D eigenvalue weighted by Crippen LogP contribution is -2.22. The summed E-state index contributed by atoms with van der Waals surface area (Å²) in [4.78, 5) is 11.5. The average molecular weight is 222 g/mol. The largest absolute Gasteiger partial charge is 0.346 e. The molecule has 15 heavy (non-hydrogen) atoms. The molecule has 0 atom stereocenters. The number of nitrogens with one attached hydrogen (secondary N) is 1. The Balaban J connectivity index is 1.93. The molecule has 0 unspecified atom stereocenters. The standard InChI is InChI=1S/C9H10N4OS/c1-13-5-8(11-12-13)9(14)10-4-7-2-3-15-6-7/h2-3,5-6H,4H2,1H3,(H,10,14). The molecule has 1 N–H and O–H groups in total. The second-order valence-corrected chi connectivity index (χ2v) is 3.87. The number of aryl methyl sites for hydroxylation is 1. The maximum atomic E-state index is 11.5. The van der Waals surface area contributed by atoms with Crippen LogP contribution in [0, 0.1) is 0 Å². The van der Waals surface area contributed by atoms with Crippen LogP contribution in [0.15, 0.2) is 23.0 Å². The molecule has 0 aliphatic carbocycles. The predicted molar refractivity (Wildman–Crippen MR) is 56.5 cm³/mol. The number of thiophene rings is 1. The molecule has 0 aromatic carbocycles. The molecule has 0 fully saturated rings. The van der Waals surface area contributed by atoms with Crippen LogP contribution in [-0.4, -0.2) is 20.9 Å². The molecule has 0 aliphatic rings. The van der Waals surface area contributed by atoms with Crippen molar-refractivity contribution in [1.82, 2.24) is 20.3 Å². The molecule has 6 heteroatoms. The molecule has 2 aromatic heterocycles. The Morgan fingerprint density at radius 2 is 2.53 bits per heavy atom. The topological polar surface area (TPSA) is 59.8 Å². The number of hydrogen-bond donors (Lipinski definition) is 1. The Bertz CT molecular complexity index is 448. The molecule has 0 spiro atoms. The van der Waals surface area contributed by atoms with Gasteiger partial charge in [0.1, 0.15) is 0 Å². The van der Waals surface area contributed by atoms with Crippen LogP contribution in [0.1, 0.15) is 16.1 Å². The van der Waals surface area contributed by atoms with E-state index < -0.39 is 0 Å². The average Bonchev–Trinajstić information content (AvgIpc) is 2.84. The molecule has 2 heterocycles. The normalized spacial score (nSPS) is 10.2. The van der Waals surface area contributed by atoms with Gasteiger partial charge in [0.2, 0.25) is 0 Å². The summed E-state index contributed by atoms with van der Waals surface area (Å²) in [6.07, 6.45) is 1.59. The lowest BCUT2D eigenvalue weighted by molar-refractivity contribution is 0.0946. The maximum Gasteiger partial charge on any atom is 0.273 e. The SMILES string of the molecule is Cn1cc(C(=O)NCc2ccsc2)nn1. The Morgan fingerprint density at radius 3 is 3.13 bits per heavy atom. The van der Waals surface area contributed by atoms with Crippen LogP contribution in [0.25, 0.3) is 0 Å². The number of amides is 1. The maximum absolute atomic E-state index is 11.5. The first-order chi connectivity index (χ1) is 7.25. The Kier molecular flexibility index (Phi) is 2.77. The molecule has 1 amide bonds. The van der Waals surface area contributed by atoms with Crippen molar-refractivity contribution in [3.05, 3.63) is 34.3 Å². The molecule has 0 aliphatic heterocycles. The third kappa shape index (κ3) is 2.41. The van der Waals surface area contributed by atoms with E-state index in [9.17, 15) is 4.79 Å². The third-order valence-electron chi connectivity index (χ3n) is 1.87. The van der Waals surface area contributed by atoms with Crippen molar-refractivity contribution >= 4 is 17.2 Å². The highest BCUT2D eigenvalue weighted by Gasteiger charge is 2.08. The second kappa shape index (κ2) is 4.22. The van der Waals surface area contributed by atoms with E-state index in [-0.39, 0.29) is 5.91 Å². The highest BCUT2D eigenvalue weighted by atomic mass is 32.1. The molecule has 0 saturated carbocycles. The van der Waals surface area contributed by atoms with Crippen molar-refractivity contribution in [3.8, 4) is 0 Å². The van der Waals surface area contributed by atoms with Gasteiger partial charge in [-0.05, 0) is 22.4 Å². The zero-order chi connectivity index (χ0) is 10.7. The van der Waals surface area contributed by atoms with Gasteiger partial charge < -0.3 is 5.32 Å². The predicted octanol–water partition coefficient (Wildman–Crippen LogP) is 0.807. The summed E-state index contributed by atoms with van der Waals surface area (Å²) >= 11 is 1.61. The first-order valence-electron chi connectivity index (χ1n) is 4.41. The lowest BCUT2D eigenvalue weighted by Gasteiger charge is -1.99. The number of rotatable bonds is 3. The highest BCUT2D eigenvalue weighted by Crippen LogP contribution is 2.05. The van der Waals surface area contributed by atoms with Crippen molar-refractivity contribution in [3.63, 3.8) is 0 Å². The summed E-state index contributed by atoms with van der Waals surface area (Å²) in [7, 11) is 1.72. The van der Waals surface area contributed by atoms with Crippen molar-refractivity contribution < 1.29 is 4.79 Å². The number of carbonyl (C=O) groups is 1. The van der Waals surface area contributed by atoms with Gasteiger partial charge in [0.25, 0.3) is 5.91 Å². The summed E-state index contributed by atoms with van der Waals surface area (Å²) in [6.45, 7) is 0.527. The molecule has 5 nitrogen and oxygen atoms in total. The van der Waals surface area contributed by atoms with Crippen molar-refractivity contribution in [2.45, 2.75) is 6.54 Å². The van der Waals surface area contributed by atoms with Gasteiger partial charge in [-0.1, -0.05) is 5.21 Å². The minimum absolute atomic E-state index is 0.200. The second-order valence-electron chi connectivity index (χ2n) is 3.09. The minimum Gasteiger partial charge on any atom is -0.346 e. The zero-order valence-corrected chi connectivity index (χ0v) is 8.99. The first-order valence-corrected chi connectivity index (χ1v) is 5.35. The van der Waals surface area contributed by atoms with Gasteiger partial charge in [0.05, 0.1) is 6.20 Å². The molecular formula is C9H10N4OS. The van der Waals surface area contributed by atoms with E-state index in [1.807, 2.05) is 16.8 Å². The summed E-state index contributed by atoms with van der Waals surface area (Å²) in [5.41, 5.74) is 1.44. The van der Waals surface area contributed by atoms with Crippen LogP contribution < -0.4 is 5.32 Å². The minimum atomic E-state index is -0.200. The fourth-order valence-corrected chi connectivity index (χ4v) is 1.79. The van der Waals surface area contributed by atoms with Crippen LogP contribution in [-0.2, 0) is 13.6 Å². The molecule has 0 saturated heterocycles. The van der Waals surface area contributed by atoms with E-state index in [1.165, 1.54) is 4.68 Å². The van der Waals surface area contributed by atoms with Crippen molar-refractivity contribution in [2.75, 3.05) is 0 Å². The van der Waals surface area contributed by atoms with Crippen molar-refractivity contribution in [1.29, 1.82) is 0 Å².